The van der Waals surface area contributed by atoms with Crippen molar-refractivity contribution >= 4 is 11.6 Å². The molecule has 0 unspecified atom stereocenters. The smallest absolute Gasteiger partial charge is 0.269 e. The van der Waals surface area contributed by atoms with Crippen LogP contribution in [-0.4, -0.2) is 46.5 Å². The number of carbonyl (C=O) groups excluding carboxylic acids is 1. The maximum atomic E-state index is 13.1. The van der Waals surface area contributed by atoms with Gasteiger partial charge in [-0.05, 0) is 24.3 Å². The van der Waals surface area contributed by atoms with Gasteiger partial charge in [0.2, 0.25) is 5.91 Å². The number of anilines is 1. The molecule has 2 aromatic carbocycles. The van der Waals surface area contributed by atoms with E-state index < -0.39 is 0 Å². The Morgan fingerprint density at radius 3 is 2.34 bits per heavy atom. The first-order chi connectivity index (χ1) is 14.1. The SMILES string of the molecule is O=C(Cn1cc(-c2ccccc2)ncc1=O)N1CCN(c2ccc(F)cc2)CC1. The van der Waals surface area contributed by atoms with Crippen molar-refractivity contribution < 1.29 is 9.18 Å². The van der Waals surface area contributed by atoms with Crippen LogP contribution >= 0.6 is 0 Å². The number of hydrogen-bond donors (Lipinski definition) is 0. The van der Waals surface area contributed by atoms with E-state index in [1.807, 2.05) is 30.3 Å². The lowest BCUT2D eigenvalue weighted by Gasteiger charge is -2.36. The second-order valence-electron chi connectivity index (χ2n) is 6.95. The van der Waals surface area contributed by atoms with Crippen LogP contribution in [-0.2, 0) is 11.3 Å². The van der Waals surface area contributed by atoms with Gasteiger partial charge in [-0.15, -0.1) is 0 Å². The summed E-state index contributed by atoms with van der Waals surface area (Å²) in [5.74, 6) is -0.365. The van der Waals surface area contributed by atoms with E-state index in [1.165, 1.54) is 22.9 Å². The van der Waals surface area contributed by atoms with E-state index in [-0.39, 0.29) is 23.8 Å². The van der Waals surface area contributed by atoms with Gasteiger partial charge in [-0.1, -0.05) is 30.3 Å². The largest absolute Gasteiger partial charge is 0.368 e. The Balaban J connectivity index is 1.41. The molecule has 0 aliphatic carbocycles. The fourth-order valence-electron chi connectivity index (χ4n) is 3.44. The summed E-state index contributed by atoms with van der Waals surface area (Å²) in [5.41, 5.74) is 2.18. The predicted molar refractivity (Wildman–Crippen MR) is 109 cm³/mol. The van der Waals surface area contributed by atoms with Crippen LogP contribution in [0, 0.1) is 5.82 Å². The second kappa shape index (κ2) is 8.26. The van der Waals surface area contributed by atoms with E-state index >= 15 is 0 Å². The molecule has 148 valence electrons. The molecular formula is C22H21FN4O2. The Morgan fingerprint density at radius 1 is 0.966 bits per heavy atom. The first-order valence-electron chi connectivity index (χ1n) is 9.50. The summed E-state index contributed by atoms with van der Waals surface area (Å²) in [4.78, 5) is 33.0. The highest BCUT2D eigenvalue weighted by Gasteiger charge is 2.22. The number of benzene rings is 2. The molecule has 1 aliphatic rings. The number of halogens is 1. The molecule has 4 rings (SSSR count). The third-order valence-corrected chi connectivity index (χ3v) is 5.07. The van der Waals surface area contributed by atoms with Crippen molar-refractivity contribution in [2.24, 2.45) is 0 Å². The van der Waals surface area contributed by atoms with E-state index in [1.54, 1.807) is 23.2 Å². The van der Waals surface area contributed by atoms with Crippen LogP contribution in [0.1, 0.15) is 0 Å². The maximum absolute atomic E-state index is 13.1. The Morgan fingerprint density at radius 2 is 1.66 bits per heavy atom. The summed E-state index contributed by atoms with van der Waals surface area (Å²) in [6, 6.07) is 15.9. The summed E-state index contributed by atoms with van der Waals surface area (Å²) in [5, 5.41) is 0. The van der Waals surface area contributed by atoms with E-state index in [0.29, 0.717) is 31.9 Å². The highest BCUT2D eigenvalue weighted by atomic mass is 19.1. The minimum absolute atomic E-state index is 0.0161. The third-order valence-electron chi connectivity index (χ3n) is 5.07. The lowest BCUT2D eigenvalue weighted by Crippen LogP contribution is -2.50. The minimum Gasteiger partial charge on any atom is -0.368 e. The van der Waals surface area contributed by atoms with Crippen molar-refractivity contribution in [1.82, 2.24) is 14.5 Å². The third kappa shape index (κ3) is 4.34. The average Bonchev–Trinajstić information content (AvgIpc) is 2.76. The van der Waals surface area contributed by atoms with Gasteiger partial charge in [0.05, 0.1) is 11.9 Å². The Bertz CT molecular complexity index is 1040. The summed E-state index contributed by atoms with van der Waals surface area (Å²) in [6.07, 6.45) is 2.88. The van der Waals surface area contributed by atoms with Crippen LogP contribution in [0.3, 0.4) is 0 Å². The monoisotopic (exact) mass is 392 g/mol. The molecule has 0 radical (unpaired) electrons. The van der Waals surface area contributed by atoms with Gasteiger partial charge in [-0.3, -0.25) is 9.59 Å². The van der Waals surface area contributed by atoms with Crippen molar-refractivity contribution in [3.05, 3.63) is 83.2 Å². The summed E-state index contributed by atoms with van der Waals surface area (Å²) in [7, 11) is 0. The van der Waals surface area contributed by atoms with Gasteiger partial charge in [0.1, 0.15) is 12.4 Å². The highest BCUT2D eigenvalue weighted by molar-refractivity contribution is 5.76. The predicted octanol–water partition coefficient (Wildman–Crippen LogP) is 2.40. The van der Waals surface area contributed by atoms with Gasteiger partial charge in [0, 0.05) is 43.6 Å². The molecule has 29 heavy (non-hydrogen) atoms. The molecule has 0 atom stereocenters. The zero-order chi connectivity index (χ0) is 20.2. The summed E-state index contributed by atoms with van der Waals surface area (Å²) in [6.45, 7) is 2.43. The Labute approximate surface area is 167 Å². The molecule has 1 aliphatic heterocycles. The normalized spacial score (nSPS) is 14.1. The van der Waals surface area contributed by atoms with Crippen molar-refractivity contribution in [3.8, 4) is 11.3 Å². The van der Waals surface area contributed by atoms with Gasteiger partial charge < -0.3 is 14.4 Å². The molecule has 0 spiro atoms. The van der Waals surface area contributed by atoms with Crippen LogP contribution < -0.4 is 10.5 Å². The molecule has 0 bridgehead atoms. The van der Waals surface area contributed by atoms with Gasteiger partial charge in [-0.2, -0.15) is 0 Å². The lowest BCUT2D eigenvalue weighted by molar-refractivity contribution is -0.132. The number of carbonyl (C=O) groups is 1. The molecule has 3 aromatic rings. The number of piperazine rings is 1. The number of rotatable bonds is 4. The average molecular weight is 392 g/mol. The van der Waals surface area contributed by atoms with Crippen LogP contribution in [0.5, 0.6) is 0 Å². The van der Waals surface area contributed by atoms with E-state index in [4.69, 9.17) is 0 Å². The van der Waals surface area contributed by atoms with Gasteiger partial charge in [0.15, 0.2) is 0 Å². The Hall–Kier alpha value is -3.48. The molecule has 6 nitrogen and oxygen atoms in total. The van der Waals surface area contributed by atoms with Crippen molar-refractivity contribution in [2.45, 2.75) is 6.54 Å². The minimum atomic E-state index is -0.303. The quantitative estimate of drug-likeness (QED) is 0.684. The fraction of sp³-hybridized carbons (Fsp3) is 0.227. The molecule has 2 heterocycles. The van der Waals surface area contributed by atoms with Gasteiger partial charge >= 0.3 is 0 Å². The molecule has 0 N–H and O–H groups in total. The van der Waals surface area contributed by atoms with E-state index in [0.717, 1.165) is 11.3 Å². The first-order valence-corrected chi connectivity index (χ1v) is 9.50. The van der Waals surface area contributed by atoms with Gasteiger partial charge in [0.25, 0.3) is 5.56 Å². The Kier molecular flexibility index (Phi) is 5.37. The van der Waals surface area contributed by atoms with Crippen LogP contribution in [0.2, 0.25) is 0 Å². The summed E-state index contributed by atoms with van der Waals surface area (Å²) < 4.78 is 14.5. The first kappa shape index (κ1) is 18.9. The zero-order valence-electron chi connectivity index (χ0n) is 15.9. The molecule has 1 fully saturated rings. The molecule has 7 heteroatoms. The topological polar surface area (TPSA) is 58.4 Å². The molecule has 1 amide bonds. The van der Waals surface area contributed by atoms with Crippen molar-refractivity contribution in [2.75, 3.05) is 31.1 Å². The highest BCUT2D eigenvalue weighted by Crippen LogP contribution is 2.17. The van der Waals surface area contributed by atoms with Crippen LogP contribution in [0.4, 0.5) is 10.1 Å². The zero-order valence-corrected chi connectivity index (χ0v) is 15.9. The van der Waals surface area contributed by atoms with Crippen LogP contribution in [0.15, 0.2) is 71.8 Å². The van der Waals surface area contributed by atoms with E-state index in [2.05, 4.69) is 9.88 Å². The standard InChI is InChI=1S/C22H21FN4O2/c23-18-6-8-19(9-7-18)25-10-12-26(13-11-25)22(29)16-27-15-20(24-14-21(27)28)17-4-2-1-3-5-17/h1-9,14-15H,10-13,16H2. The van der Waals surface area contributed by atoms with Gasteiger partial charge in [-0.25, -0.2) is 9.37 Å². The molecule has 0 saturated carbocycles. The van der Waals surface area contributed by atoms with Crippen molar-refractivity contribution in [1.29, 1.82) is 0 Å². The summed E-state index contributed by atoms with van der Waals surface area (Å²) >= 11 is 0. The van der Waals surface area contributed by atoms with Crippen LogP contribution in [0.25, 0.3) is 11.3 Å². The number of aromatic nitrogens is 2. The van der Waals surface area contributed by atoms with Crippen molar-refractivity contribution in [3.63, 3.8) is 0 Å². The number of hydrogen-bond acceptors (Lipinski definition) is 4. The maximum Gasteiger partial charge on any atom is 0.269 e. The number of nitrogens with zero attached hydrogens (tertiary/aromatic N) is 4. The molecule has 1 aromatic heterocycles. The lowest BCUT2D eigenvalue weighted by atomic mass is 10.2. The second-order valence-corrected chi connectivity index (χ2v) is 6.95. The van der Waals surface area contributed by atoms with E-state index in [9.17, 15) is 14.0 Å². The molecular weight excluding hydrogens is 371 g/mol. The molecule has 1 saturated heterocycles. The number of amides is 1. The fourth-order valence-corrected chi connectivity index (χ4v) is 3.44.